The van der Waals surface area contributed by atoms with Crippen LogP contribution in [0.2, 0.25) is 0 Å². The SMILES string of the molecule is Cc1cc(C(C)(C)c2ccc(N3C(=O)C=CC3=O)c(C)c2)ccc1O. The van der Waals surface area contributed by atoms with Crippen molar-refractivity contribution < 1.29 is 14.7 Å². The summed E-state index contributed by atoms with van der Waals surface area (Å²) in [4.78, 5) is 25.0. The largest absolute Gasteiger partial charge is 0.508 e. The Kier molecular flexibility index (Phi) is 3.99. The number of anilines is 1. The molecule has 2 aromatic carbocycles. The standard InChI is InChI=1S/C21H21NO3/c1-13-11-15(5-7-17(13)22-19(24)9-10-20(22)25)21(3,4)16-6-8-18(23)14(2)12-16/h5-12,23H,1-4H3. The molecular formula is C21H21NO3. The number of carbonyl (C=O) groups excluding carboxylic acids is 2. The van der Waals surface area contributed by atoms with Gasteiger partial charge in [0.25, 0.3) is 11.8 Å². The third-order valence-corrected chi connectivity index (χ3v) is 4.89. The first-order chi connectivity index (χ1) is 11.7. The average Bonchev–Trinajstić information content (AvgIpc) is 2.89. The number of carbonyl (C=O) groups is 2. The summed E-state index contributed by atoms with van der Waals surface area (Å²) < 4.78 is 0. The molecule has 2 aromatic rings. The van der Waals surface area contributed by atoms with E-state index in [0.29, 0.717) is 5.69 Å². The molecule has 0 spiro atoms. The minimum absolute atomic E-state index is 0.279. The summed E-state index contributed by atoms with van der Waals surface area (Å²) in [7, 11) is 0. The van der Waals surface area contributed by atoms with Crippen LogP contribution in [-0.2, 0) is 15.0 Å². The van der Waals surface area contributed by atoms with Gasteiger partial charge in [0.15, 0.2) is 0 Å². The van der Waals surface area contributed by atoms with E-state index in [0.717, 1.165) is 22.3 Å². The summed E-state index contributed by atoms with van der Waals surface area (Å²) in [6.07, 6.45) is 2.58. The Labute approximate surface area is 147 Å². The lowest BCUT2D eigenvalue weighted by Crippen LogP contribution is -2.30. The van der Waals surface area contributed by atoms with E-state index in [1.165, 1.54) is 17.1 Å². The van der Waals surface area contributed by atoms with Gasteiger partial charge in [0.05, 0.1) is 5.69 Å². The van der Waals surface area contributed by atoms with Gasteiger partial charge in [-0.15, -0.1) is 0 Å². The molecule has 1 heterocycles. The maximum absolute atomic E-state index is 11.9. The second-order valence-corrected chi connectivity index (χ2v) is 6.97. The Hall–Kier alpha value is -2.88. The van der Waals surface area contributed by atoms with Gasteiger partial charge in [0.1, 0.15) is 5.75 Å². The van der Waals surface area contributed by atoms with Gasteiger partial charge >= 0.3 is 0 Å². The lowest BCUT2D eigenvalue weighted by atomic mass is 9.77. The molecule has 0 fully saturated rings. The highest BCUT2D eigenvalue weighted by Gasteiger charge is 2.28. The number of aromatic hydroxyl groups is 1. The first-order valence-corrected chi connectivity index (χ1v) is 8.19. The van der Waals surface area contributed by atoms with E-state index in [1.807, 2.05) is 44.2 Å². The number of phenols is 1. The molecule has 0 aromatic heterocycles. The number of aryl methyl sites for hydroxylation is 2. The molecule has 1 aliphatic rings. The predicted octanol–water partition coefficient (Wildman–Crippen LogP) is 3.76. The molecular weight excluding hydrogens is 314 g/mol. The molecule has 0 bridgehead atoms. The van der Waals surface area contributed by atoms with Crippen molar-refractivity contribution in [2.75, 3.05) is 4.90 Å². The molecule has 4 nitrogen and oxygen atoms in total. The number of hydrogen-bond donors (Lipinski definition) is 1. The molecule has 128 valence electrons. The first-order valence-electron chi connectivity index (χ1n) is 8.19. The Morgan fingerprint density at radius 3 is 1.88 bits per heavy atom. The van der Waals surface area contributed by atoms with Crippen molar-refractivity contribution >= 4 is 17.5 Å². The molecule has 0 aliphatic carbocycles. The zero-order valence-corrected chi connectivity index (χ0v) is 14.8. The summed E-state index contributed by atoms with van der Waals surface area (Å²) in [6, 6.07) is 11.4. The van der Waals surface area contributed by atoms with Crippen LogP contribution >= 0.6 is 0 Å². The Balaban J connectivity index is 2.00. The number of imide groups is 1. The minimum atomic E-state index is -0.311. The van der Waals surface area contributed by atoms with Gasteiger partial charge in [0, 0.05) is 17.6 Å². The fourth-order valence-corrected chi connectivity index (χ4v) is 3.14. The molecule has 0 saturated heterocycles. The zero-order chi connectivity index (χ0) is 18.4. The molecule has 0 unspecified atom stereocenters. The topological polar surface area (TPSA) is 57.6 Å². The zero-order valence-electron chi connectivity index (χ0n) is 14.8. The summed E-state index contributed by atoms with van der Waals surface area (Å²) in [5.41, 5.74) is 4.20. The van der Waals surface area contributed by atoms with Crippen molar-refractivity contribution in [2.24, 2.45) is 0 Å². The normalized spacial score (nSPS) is 14.5. The molecule has 0 saturated carbocycles. The summed E-state index contributed by atoms with van der Waals surface area (Å²) in [6.45, 7) is 8.00. The van der Waals surface area contributed by atoms with Crippen molar-refractivity contribution in [3.8, 4) is 5.75 Å². The summed E-state index contributed by atoms with van der Waals surface area (Å²) in [5.74, 6) is -0.340. The van der Waals surface area contributed by atoms with E-state index >= 15 is 0 Å². The van der Waals surface area contributed by atoms with E-state index < -0.39 is 0 Å². The van der Waals surface area contributed by atoms with Crippen molar-refractivity contribution in [3.63, 3.8) is 0 Å². The maximum Gasteiger partial charge on any atom is 0.258 e. The van der Waals surface area contributed by atoms with Crippen LogP contribution in [0.15, 0.2) is 48.6 Å². The number of benzene rings is 2. The van der Waals surface area contributed by atoms with Gasteiger partial charge in [-0.05, 0) is 48.2 Å². The molecule has 2 amide bonds. The number of hydrogen-bond acceptors (Lipinski definition) is 3. The van der Waals surface area contributed by atoms with Crippen molar-refractivity contribution in [2.45, 2.75) is 33.1 Å². The van der Waals surface area contributed by atoms with Gasteiger partial charge in [-0.2, -0.15) is 0 Å². The van der Waals surface area contributed by atoms with Crippen LogP contribution in [-0.4, -0.2) is 16.9 Å². The maximum atomic E-state index is 11.9. The molecule has 0 atom stereocenters. The van der Waals surface area contributed by atoms with Crippen LogP contribution in [0.25, 0.3) is 0 Å². The quantitative estimate of drug-likeness (QED) is 0.869. The van der Waals surface area contributed by atoms with Crippen molar-refractivity contribution in [1.29, 1.82) is 0 Å². The lowest BCUT2D eigenvalue weighted by Gasteiger charge is -2.28. The van der Waals surface area contributed by atoms with E-state index in [1.54, 1.807) is 6.07 Å². The van der Waals surface area contributed by atoms with Crippen LogP contribution in [0.3, 0.4) is 0 Å². The highest BCUT2D eigenvalue weighted by Crippen LogP contribution is 2.36. The average molecular weight is 335 g/mol. The van der Waals surface area contributed by atoms with Crippen LogP contribution in [0.5, 0.6) is 5.75 Å². The van der Waals surface area contributed by atoms with Crippen LogP contribution < -0.4 is 4.90 Å². The van der Waals surface area contributed by atoms with Gasteiger partial charge < -0.3 is 5.11 Å². The fourth-order valence-electron chi connectivity index (χ4n) is 3.14. The smallest absolute Gasteiger partial charge is 0.258 e. The highest BCUT2D eigenvalue weighted by molar-refractivity contribution is 6.28. The number of nitrogens with zero attached hydrogens (tertiary/aromatic N) is 1. The summed E-state index contributed by atoms with van der Waals surface area (Å²) in [5, 5.41) is 9.76. The first kappa shape index (κ1) is 17.0. The van der Waals surface area contributed by atoms with Crippen LogP contribution in [0, 0.1) is 13.8 Å². The third kappa shape index (κ3) is 2.84. The van der Waals surface area contributed by atoms with Crippen LogP contribution in [0.1, 0.15) is 36.1 Å². The predicted molar refractivity (Wildman–Crippen MR) is 97.8 cm³/mol. The van der Waals surface area contributed by atoms with Crippen LogP contribution in [0.4, 0.5) is 5.69 Å². The van der Waals surface area contributed by atoms with Crippen molar-refractivity contribution in [3.05, 3.63) is 70.8 Å². The van der Waals surface area contributed by atoms with Crippen molar-refractivity contribution in [1.82, 2.24) is 0 Å². The molecule has 1 N–H and O–H groups in total. The molecule has 25 heavy (non-hydrogen) atoms. The number of amides is 2. The molecule has 1 aliphatic heterocycles. The molecule has 0 radical (unpaired) electrons. The highest BCUT2D eigenvalue weighted by atomic mass is 16.3. The van der Waals surface area contributed by atoms with E-state index in [4.69, 9.17) is 0 Å². The van der Waals surface area contributed by atoms with Gasteiger partial charge in [-0.25, -0.2) is 4.90 Å². The van der Waals surface area contributed by atoms with E-state index in [9.17, 15) is 14.7 Å². The fraction of sp³-hybridized carbons (Fsp3) is 0.238. The van der Waals surface area contributed by atoms with E-state index in [-0.39, 0.29) is 23.0 Å². The monoisotopic (exact) mass is 335 g/mol. The summed E-state index contributed by atoms with van der Waals surface area (Å²) >= 11 is 0. The molecule has 3 rings (SSSR count). The second-order valence-electron chi connectivity index (χ2n) is 6.97. The Bertz CT molecular complexity index is 891. The lowest BCUT2D eigenvalue weighted by molar-refractivity contribution is -0.119. The Morgan fingerprint density at radius 1 is 0.840 bits per heavy atom. The van der Waals surface area contributed by atoms with Gasteiger partial charge in [-0.1, -0.05) is 38.1 Å². The van der Waals surface area contributed by atoms with Gasteiger partial charge in [-0.3, -0.25) is 9.59 Å². The third-order valence-electron chi connectivity index (χ3n) is 4.89. The number of rotatable bonds is 3. The number of phenolic OH excluding ortho intramolecular Hbond substituents is 1. The Morgan fingerprint density at radius 2 is 1.36 bits per heavy atom. The van der Waals surface area contributed by atoms with E-state index in [2.05, 4.69) is 13.8 Å². The molecule has 4 heteroatoms. The second kappa shape index (κ2) is 5.88. The van der Waals surface area contributed by atoms with Gasteiger partial charge in [0.2, 0.25) is 0 Å². The minimum Gasteiger partial charge on any atom is -0.508 e.